The van der Waals surface area contributed by atoms with Crippen LogP contribution in [0.2, 0.25) is 0 Å². The van der Waals surface area contributed by atoms with Crippen LogP contribution >= 0.6 is 0 Å². The summed E-state index contributed by atoms with van der Waals surface area (Å²) < 4.78 is 6.90. The van der Waals surface area contributed by atoms with Crippen molar-refractivity contribution in [3.8, 4) is 5.75 Å². The maximum absolute atomic E-state index is 11.6. The Morgan fingerprint density at radius 1 is 0.706 bits per heavy atom. The summed E-state index contributed by atoms with van der Waals surface area (Å²) in [6.07, 6.45) is 0. The molecule has 4 aromatic carbocycles. The van der Waals surface area contributed by atoms with E-state index >= 15 is 0 Å². The van der Waals surface area contributed by atoms with E-state index in [2.05, 4.69) is 41.7 Å². The van der Waals surface area contributed by atoms with E-state index in [1.54, 1.807) is 13.8 Å². The van der Waals surface area contributed by atoms with Crippen LogP contribution in [0.3, 0.4) is 0 Å². The van der Waals surface area contributed by atoms with E-state index < -0.39 is 11.1 Å². The van der Waals surface area contributed by atoms with Gasteiger partial charge in [-0.25, -0.2) is 0 Å². The van der Waals surface area contributed by atoms with Gasteiger partial charge >= 0.3 is 0 Å². The molecule has 0 atom stereocenters. The van der Waals surface area contributed by atoms with Gasteiger partial charge in [0.15, 0.2) is 5.60 Å². The molecular formula is C30H30N2O2. The predicted octanol–water partition coefficient (Wildman–Crippen LogP) is 5.41. The molecule has 1 amide bonds. The Labute approximate surface area is 201 Å². The third-order valence-electron chi connectivity index (χ3n) is 6.09. The van der Waals surface area contributed by atoms with Crippen LogP contribution in [0.15, 0.2) is 115 Å². The van der Waals surface area contributed by atoms with E-state index in [0.717, 1.165) is 28.0 Å². The fourth-order valence-electron chi connectivity index (χ4n) is 3.96. The van der Waals surface area contributed by atoms with Crippen molar-refractivity contribution in [1.29, 1.82) is 0 Å². The average Bonchev–Trinajstić information content (AvgIpc) is 2.88. The first-order valence-electron chi connectivity index (χ1n) is 11.4. The SMILES string of the molecule is CC(C)(NCc1ccc(OC(c2ccccc2)(c2ccccc2)c2ccccc2)cc1)C(N)=O. The molecule has 3 N–H and O–H groups in total. The molecule has 34 heavy (non-hydrogen) atoms. The molecule has 0 heterocycles. The second kappa shape index (κ2) is 9.94. The van der Waals surface area contributed by atoms with Crippen LogP contribution in [0.25, 0.3) is 0 Å². The molecule has 0 aliphatic rings. The molecule has 0 radical (unpaired) electrons. The lowest BCUT2D eigenvalue weighted by Gasteiger charge is -2.36. The Kier molecular flexibility index (Phi) is 6.80. The van der Waals surface area contributed by atoms with Gasteiger partial charge in [0.2, 0.25) is 5.91 Å². The van der Waals surface area contributed by atoms with E-state index in [9.17, 15) is 4.79 Å². The minimum Gasteiger partial charge on any atom is -0.473 e. The molecule has 4 heteroatoms. The molecule has 0 fully saturated rings. The standard InChI is InChI=1S/C30H30N2O2/c1-29(2,28(31)33)32-22-23-18-20-27(21-19-23)34-30(24-12-6-3-7-13-24,25-14-8-4-9-15-25)26-16-10-5-11-17-26/h3-21,32H,22H2,1-2H3,(H2,31,33). The number of hydrogen-bond acceptors (Lipinski definition) is 3. The molecule has 0 saturated heterocycles. The summed E-state index contributed by atoms with van der Waals surface area (Å²) >= 11 is 0. The molecular weight excluding hydrogens is 420 g/mol. The van der Waals surface area contributed by atoms with Gasteiger partial charge in [-0.1, -0.05) is 103 Å². The first-order chi connectivity index (χ1) is 16.4. The maximum atomic E-state index is 11.6. The number of nitrogens with two attached hydrogens (primary N) is 1. The third-order valence-corrected chi connectivity index (χ3v) is 6.09. The lowest BCUT2D eigenvalue weighted by molar-refractivity contribution is -0.123. The molecule has 0 aromatic heterocycles. The second-order valence-corrected chi connectivity index (χ2v) is 8.87. The fraction of sp³-hybridized carbons (Fsp3) is 0.167. The van der Waals surface area contributed by atoms with E-state index in [4.69, 9.17) is 10.5 Å². The topological polar surface area (TPSA) is 64.3 Å². The molecule has 172 valence electrons. The van der Waals surface area contributed by atoms with Crippen LogP contribution in [-0.4, -0.2) is 11.4 Å². The van der Waals surface area contributed by atoms with Gasteiger partial charge in [0.05, 0.1) is 5.54 Å². The molecule has 0 unspecified atom stereocenters. The van der Waals surface area contributed by atoms with Crippen LogP contribution in [0, 0.1) is 0 Å². The quantitative estimate of drug-likeness (QED) is 0.335. The summed E-state index contributed by atoms with van der Waals surface area (Å²) in [6.45, 7) is 4.08. The highest BCUT2D eigenvalue weighted by atomic mass is 16.5. The highest BCUT2D eigenvalue weighted by molar-refractivity contribution is 5.83. The van der Waals surface area contributed by atoms with Crippen molar-refractivity contribution < 1.29 is 9.53 Å². The predicted molar refractivity (Wildman–Crippen MR) is 136 cm³/mol. The van der Waals surface area contributed by atoms with E-state index in [1.165, 1.54) is 0 Å². The third kappa shape index (κ3) is 4.87. The zero-order valence-electron chi connectivity index (χ0n) is 19.6. The van der Waals surface area contributed by atoms with Gasteiger partial charge in [0.25, 0.3) is 0 Å². The van der Waals surface area contributed by atoms with Crippen LogP contribution in [-0.2, 0) is 16.9 Å². The molecule has 0 bridgehead atoms. The maximum Gasteiger partial charge on any atom is 0.237 e. The first-order valence-corrected chi connectivity index (χ1v) is 11.4. The summed E-state index contributed by atoms with van der Waals surface area (Å²) in [5.41, 5.74) is 8.03. The fourth-order valence-corrected chi connectivity index (χ4v) is 3.96. The van der Waals surface area contributed by atoms with Crippen LogP contribution in [0.5, 0.6) is 5.75 Å². The molecule has 4 nitrogen and oxygen atoms in total. The molecule has 0 saturated carbocycles. The number of hydrogen-bond donors (Lipinski definition) is 2. The molecule has 0 aliphatic carbocycles. The van der Waals surface area contributed by atoms with Crippen molar-refractivity contribution in [2.75, 3.05) is 0 Å². The largest absolute Gasteiger partial charge is 0.473 e. The van der Waals surface area contributed by atoms with E-state index in [1.807, 2.05) is 78.9 Å². The molecule has 0 spiro atoms. The molecule has 4 rings (SSSR count). The summed E-state index contributed by atoms with van der Waals surface area (Å²) in [6, 6.07) is 38.8. The number of carbonyl (C=O) groups excluding carboxylic acids is 1. The van der Waals surface area contributed by atoms with Crippen LogP contribution < -0.4 is 15.8 Å². The van der Waals surface area contributed by atoms with Gasteiger partial charge in [-0.05, 0) is 31.5 Å². The molecule has 4 aromatic rings. The van der Waals surface area contributed by atoms with Gasteiger partial charge in [0.1, 0.15) is 5.75 Å². The van der Waals surface area contributed by atoms with Gasteiger partial charge in [-0.15, -0.1) is 0 Å². The lowest BCUT2D eigenvalue weighted by Crippen LogP contribution is -2.50. The minimum absolute atomic E-state index is 0.383. The minimum atomic E-state index is -0.822. The Balaban J connectivity index is 1.73. The van der Waals surface area contributed by atoms with E-state index in [-0.39, 0.29) is 5.91 Å². The smallest absolute Gasteiger partial charge is 0.237 e. The van der Waals surface area contributed by atoms with Gasteiger partial charge in [-0.2, -0.15) is 0 Å². The highest BCUT2D eigenvalue weighted by Crippen LogP contribution is 2.41. The summed E-state index contributed by atoms with van der Waals surface area (Å²) in [4.78, 5) is 11.6. The normalized spacial score (nSPS) is 11.7. The van der Waals surface area contributed by atoms with Gasteiger partial charge in [-0.3, -0.25) is 10.1 Å². The van der Waals surface area contributed by atoms with Crippen molar-refractivity contribution in [3.05, 3.63) is 138 Å². The summed E-state index contributed by atoms with van der Waals surface area (Å²) in [7, 11) is 0. The molecule has 0 aliphatic heterocycles. The average molecular weight is 451 g/mol. The van der Waals surface area contributed by atoms with E-state index in [0.29, 0.717) is 6.54 Å². The number of rotatable bonds is 9. The van der Waals surface area contributed by atoms with Crippen molar-refractivity contribution in [2.24, 2.45) is 5.73 Å². The zero-order valence-corrected chi connectivity index (χ0v) is 19.6. The Hall–Kier alpha value is -3.89. The van der Waals surface area contributed by atoms with Gasteiger partial charge < -0.3 is 10.5 Å². The van der Waals surface area contributed by atoms with Crippen LogP contribution in [0.4, 0.5) is 0 Å². The van der Waals surface area contributed by atoms with Crippen molar-refractivity contribution in [2.45, 2.75) is 31.5 Å². The zero-order chi connectivity index (χ0) is 24.0. The summed E-state index contributed by atoms with van der Waals surface area (Å²) in [5, 5.41) is 3.20. The number of amides is 1. The number of benzene rings is 4. The Morgan fingerprint density at radius 2 is 1.12 bits per heavy atom. The highest BCUT2D eigenvalue weighted by Gasteiger charge is 2.38. The Bertz CT molecular complexity index is 1110. The first kappa shape index (κ1) is 23.3. The monoisotopic (exact) mass is 450 g/mol. The van der Waals surface area contributed by atoms with Crippen LogP contribution in [0.1, 0.15) is 36.1 Å². The summed E-state index contributed by atoms with van der Waals surface area (Å²) in [5.74, 6) is 0.361. The number of primary amides is 1. The number of carbonyl (C=O) groups is 1. The Morgan fingerprint density at radius 3 is 1.50 bits per heavy atom. The number of nitrogens with one attached hydrogen (secondary N) is 1. The van der Waals surface area contributed by atoms with Crippen molar-refractivity contribution in [1.82, 2.24) is 5.32 Å². The number of ether oxygens (including phenoxy) is 1. The lowest BCUT2D eigenvalue weighted by atomic mass is 9.80. The van der Waals surface area contributed by atoms with Crippen molar-refractivity contribution in [3.63, 3.8) is 0 Å². The second-order valence-electron chi connectivity index (χ2n) is 8.87. The van der Waals surface area contributed by atoms with Gasteiger partial charge in [0, 0.05) is 23.2 Å². The van der Waals surface area contributed by atoms with Crippen molar-refractivity contribution >= 4 is 5.91 Å².